The average molecular weight is 310 g/mol. The van der Waals surface area contributed by atoms with Crippen molar-refractivity contribution in [3.8, 4) is 0 Å². The smallest absolute Gasteiger partial charge is 0.228 e. The molecule has 1 saturated carbocycles. The van der Waals surface area contributed by atoms with E-state index in [1.165, 1.54) is 6.42 Å². The van der Waals surface area contributed by atoms with Crippen LogP contribution in [-0.2, 0) is 4.79 Å². The molecule has 1 aromatic heterocycles. The number of nitrogens with one attached hydrogen (secondary N) is 1. The van der Waals surface area contributed by atoms with Crippen molar-refractivity contribution in [2.24, 2.45) is 5.92 Å². The van der Waals surface area contributed by atoms with Crippen LogP contribution in [0, 0.1) is 5.92 Å². The molecule has 1 N–H and O–H groups in total. The highest BCUT2D eigenvalue weighted by Crippen LogP contribution is 2.25. The SMILES string of the molecule is CN(c1ccccc1)c1ccc(NC(=O)C2CCCCC2)nn1. The third-order valence-electron chi connectivity index (χ3n) is 4.36. The normalized spacial score (nSPS) is 15.2. The predicted octanol–water partition coefficient (Wildman–Crippen LogP) is 3.76. The molecule has 0 saturated heterocycles. The van der Waals surface area contributed by atoms with E-state index in [-0.39, 0.29) is 11.8 Å². The number of carbonyl (C=O) groups is 1. The summed E-state index contributed by atoms with van der Waals surface area (Å²) in [5.41, 5.74) is 1.04. The van der Waals surface area contributed by atoms with Gasteiger partial charge in [0, 0.05) is 18.7 Å². The molecule has 1 aliphatic rings. The highest BCUT2D eigenvalue weighted by molar-refractivity contribution is 5.91. The van der Waals surface area contributed by atoms with E-state index in [2.05, 4.69) is 15.5 Å². The summed E-state index contributed by atoms with van der Waals surface area (Å²) >= 11 is 0. The van der Waals surface area contributed by atoms with Gasteiger partial charge in [-0.25, -0.2) is 0 Å². The summed E-state index contributed by atoms with van der Waals surface area (Å²) in [5, 5.41) is 11.2. The maximum atomic E-state index is 12.2. The molecule has 1 amide bonds. The fourth-order valence-corrected chi connectivity index (χ4v) is 2.95. The molecule has 0 atom stereocenters. The van der Waals surface area contributed by atoms with Crippen LogP contribution in [0.2, 0.25) is 0 Å². The third-order valence-corrected chi connectivity index (χ3v) is 4.36. The number of amides is 1. The first-order valence-corrected chi connectivity index (χ1v) is 8.17. The summed E-state index contributed by atoms with van der Waals surface area (Å²) in [5.74, 6) is 1.46. The number of nitrogens with zero attached hydrogens (tertiary/aromatic N) is 3. The second-order valence-corrected chi connectivity index (χ2v) is 6.00. The molecular formula is C18H22N4O. The van der Waals surface area contributed by atoms with Crippen LogP contribution in [0.4, 0.5) is 17.3 Å². The summed E-state index contributed by atoms with van der Waals surface area (Å²) in [6.07, 6.45) is 5.49. The zero-order chi connectivity index (χ0) is 16.1. The second-order valence-electron chi connectivity index (χ2n) is 6.00. The molecule has 1 aliphatic carbocycles. The van der Waals surface area contributed by atoms with Gasteiger partial charge in [-0.1, -0.05) is 37.5 Å². The van der Waals surface area contributed by atoms with Gasteiger partial charge < -0.3 is 10.2 Å². The van der Waals surface area contributed by atoms with Gasteiger partial charge in [0.2, 0.25) is 5.91 Å². The second kappa shape index (κ2) is 7.22. The van der Waals surface area contributed by atoms with Crippen molar-refractivity contribution >= 4 is 23.2 Å². The maximum Gasteiger partial charge on any atom is 0.228 e. The molecule has 3 rings (SSSR count). The van der Waals surface area contributed by atoms with Crippen molar-refractivity contribution in [1.82, 2.24) is 10.2 Å². The Balaban J connectivity index is 1.64. The number of benzene rings is 1. The first kappa shape index (κ1) is 15.5. The third kappa shape index (κ3) is 3.86. The number of hydrogen-bond acceptors (Lipinski definition) is 4. The molecule has 1 aromatic carbocycles. The van der Waals surface area contributed by atoms with E-state index in [1.807, 2.05) is 54.4 Å². The quantitative estimate of drug-likeness (QED) is 0.934. The van der Waals surface area contributed by atoms with Crippen molar-refractivity contribution in [3.63, 3.8) is 0 Å². The van der Waals surface area contributed by atoms with Crippen LogP contribution < -0.4 is 10.2 Å². The van der Waals surface area contributed by atoms with Crippen LogP contribution in [-0.4, -0.2) is 23.2 Å². The molecule has 2 aromatic rings. The molecular weight excluding hydrogens is 288 g/mol. The lowest BCUT2D eigenvalue weighted by Gasteiger charge is -2.20. The van der Waals surface area contributed by atoms with Gasteiger partial charge in [-0.3, -0.25) is 4.79 Å². The topological polar surface area (TPSA) is 58.1 Å². The minimum Gasteiger partial charge on any atom is -0.328 e. The molecule has 5 nitrogen and oxygen atoms in total. The molecule has 0 unspecified atom stereocenters. The van der Waals surface area contributed by atoms with Crippen LogP contribution in [0.5, 0.6) is 0 Å². The lowest BCUT2D eigenvalue weighted by molar-refractivity contribution is -0.120. The fourth-order valence-electron chi connectivity index (χ4n) is 2.95. The van der Waals surface area contributed by atoms with Crippen LogP contribution in [0.1, 0.15) is 32.1 Å². The summed E-state index contributed by atoms with van der Waals surface area (Å²) in [6, 6.07) is 13.7. The van der Waals surface area contributed by atoms with Crippen molar-refractivity contribution in [1.29, 1.82) is 0 Å². The highest BCUT2D eigenvalue weighted by Gasteiger charge is 2.21. The monoisotopic (exact) mass is 310 g/mol. The molecule has 1 fully saturated rings. The molecule has 5 heteroatoms. The van der Waals surface area contributed by atoms with E-state index >= 15 is 0 Å². The largest absolute Gasteiger partial charge is 0.328 e. The predicted molar refractivity (Wildman–Crippen MR) is 91.7 cm³/mol. The highest BCUT2D eigenvalue weighted by atomic mass is 16.1. The molecule has 23 heavy (non-hydrogen) atoms. The summed E-state index contributed by atoms with van der Waals surface area (Å²) in [6.45, 7) is 0. The Kier molecular flexibility index (Phi) is 4.86. The summed E-state index contributed by atoms with van der Waals surface area (Å²) in [4.78, 5) is 14.2. The summed E-state index contributed by atoms with van der Waals surface area (Å²) in [7, 11) is 1.94. The van der Waals surface area contributed by atoms with E-state index in [4.69, 9.17) is 0 Å². The Hall–Kier alpha value is -2.43. The van der Waals surface area contributed by atoms with Gasteiger partial charge in [0.15, 0.2) is 11.6 Å². The molecule has 0 bridgehead atoms. The lowest BCUT2D eigenvalue weighted by atomic mass is 9.89. The van der Waals surface area contributed by atoms with E-state index in [9.17, 15) is 4.79 Å². The van der Waals surface area contributed by atoms with E-state index in [1.54, 1.807) is 0 Å². The molecule has 120 valence electrons. The first-order chi connectivity index (χ1) is 11.2. The van der Waals surface area contributed by atoms with Gasteiger partial charge in [0.1, 0.15) is 0 Å². The van der Waals surface area contributed by atoms with Crippen LogP contribution >= 0.6 is 0 Å². The van der Waals surface area contributed by atoms with E-state index in [0.29, 0.717) is 5.82 Å². The number of anilines is 3. The number of aromatic nitrogens is 2. The Morgan fingerprint density at radius 3 is 2.43 bits per heavy atom. The van der Waals surface area contributed by atoms with Crippen LogP contribution in [0.15, 0.2) is 42.5 Å². The number of carbonyl (C=O) groups excluding carboxylic acids is 1. The molecule has 0 spiro atoms. The number of hydrogen-bond donors (Lipinski definition) is 1. The van der Waals surface area contributed by atoms with Crippen molar-refractivity contribution in [3.05, 3.63) is 42.5 Å². The van der Waals surface area contributed by atoms with Crippen molar-refractivity contribution < 1.29 is 4.79 Å². The molecule has 1 heterocycles. The Labute approximate surface area is 136 Å². The minimum atomic E-state index is 0.0724. The average Bonchev–Trinajstić information content (AvgIpc) is 2.63. The Bertz CT molecular complexity index is 636. The minimum absolute atomic E-state index is 0.0724. The van der Waals surface area contributed by atoms with E-state index in [0.717, 1.165) is 37.2 Å². The van der Waals surface area contributed by atoms with Gasteiger partial charge in [0.05, 0.1) is 0 Å². The number of rotatable bonds is 4. The van der Waals surface area contributed by atoms with Crippen LogP contribution in [0.25, 0.3) is 0 Å². The van der Waals surface area contributed by atoms with Crippen molar-refractivity contribution in [2.75, 3.05) is 17.3 Å². The molecule has 0 radical (unpaired) electrons. The van der Waals surface area contributed by atoms with Gasteiger partial charge in [-0.15, -0.1) is 10.2 Å². The van der Waals surface area contributed by atoms with Gasteiger partial charge in [0.25, 0.3) is 0 Å². The standard InChI is InChI=1S/C18H22N4O/c1-22(15-10-6-3-7-11-15)17-13-12-16(20-21-17)19-18(23)14-8-4-2-5-9-14/h3,6-7,10-14H,2,4-5,8-9H2,1H3,(H,19,20,23). The van der Waals surface area contributed by atoms with Gasteiger partial charge in [-0.2, -0.15) is 0 Å². The van der Waals surface area contributed by atoms with E-state index < -0.39 is 0 Å². The van der Waals surface area contributed by atoms with Crippen molar-refractivity contribution in [2.45, 2.75) is 32.1 Å². The van der Waals surface area contributed by atoms with Gasteiger partial charge >= 0.3 is 0 Å². The number of para-hydroxylation sites is 1. The Morgan fingerprint density at radius 1 is 1.04 bits per heavy atom. The Morgan fingerprint density at radius 2 is 1.78 bits per heavy atom. The first-order valence-electron chi connectivity index (χ1n) is 8.17. The van der Waals surface area contributed by atoms with Gasteiger partial charge in [-0.05, 0) is 37.1 Å². The summed E-state index contributed by atoms with van der Waals surface area (Å²) < 4.78 is 0. The maximum absolute atomic E-state index is 12.2. The zero-order valence-electron chi connectivity index (χ0n) is 13.4. The van der Waals surface area contributed by atoms with Crippen LogP contribution in [0.3, 0.4) is 0 Å². The fraction of sp³-hybridized carbons (Fsp3) is 0.389. The lowest BCUT2D eigenvalue weighted by Crippen LogP contribution is -2.25. The zero-order valence-corrected chi connectivity index (χ0v) is 13.4. The molecule has 0 aliphatic heterocycles.